The quantitative estimate of drug-likeness (QED) is 0.325. The summed E-state index contributed by atoms with van der Waals surface area (Å²) < 4.78 is 22.8. The molecule has 0 N–H and O–H groups in total. The van der Waals surface area contributed by atoms with E-state index in [9.17, 15) is 19.2 Å². The molecule has 1 aromatic heterocycles. The molecule has 11 heteroatoms. The third-order valence-electron chi connectivity index (χ3n) is 5.70. The molecule has 2 aromatic carbocycles. The average molecular weight is 551 g/mol. The molecule has 0 saturated carbocycles. The van der Waals surface area contributed by atoms with Crippen LogP contribution in [0.4, 0.5) is 0 Å². The van der Waals surface area contributed by atoms with Gasteiger partial charge in [-0.15, -0.1) is 0 Å². The summed E-state index contributed by atoms with van der Waals surface area (Å²) in [5.74, 6) is -0.574. The number of nitrogens with zero attached hydrogens (tertiary/aromatic N) is 2. The fraction of sp³-hybridized carbons (Fsp3) is 0.250. The van der Waals surface area contributed by atoms with Crippen LogP contribution in [-0.4, -0.2) is 36.2 Å². The molecule has 0 bridgehead atoms. The van der Waals surface area contributed by atoms with Crippen LogP contribution in [0.5, 0.6) is 17.2 Å². The lowest BCUT2D eigenvalue weighted by Gasteiger charge is -2.24. The van der Waals surface area contributed by atoms with Gasteiger partial charge in [-0.3, -0.25) is 19.0 Å². The van der Waals surface area contributed by atoms with E-state index in [-0.39, 0.29) is 16.9 Å². The summed E-state index contributed by atoms with van der Waals surface area (Å²) in [6.45, 7) is 6.45. The van der Waals surface area contributed by atoms with Gasteiger partial charge in [0.15, 0.2) is 16.3 Å². The second kappa shape index (κ2) is 11.5. The Labute approximate surface area is 227 Å². The molecule has 0 aliphatic carbocycles. The number of thiazole rings is 1. The number of carbonyl (C=O) groups is 3. The zero-order valence-electron chi connectivity index (χ0n) is 22.0. The van der Waals surface area contributed by atoms with Gasteiger partial charge >= 0.3 is 17.9 Å². The summed E-state index contributed by atoms with van der Waals surface area (Å²) in [4.78, 5) is 54.3. The standard InChI is InChI=1S/C28H26N2O8S/c1-6-36-22-13-18(7-12-21(22)38-17(4)32)14-23-26(33)30-25(19-8-10-20(11-9-19)37-16(3)31)24(27(34)35-5)15(2)29-28(30)39-23/h7-14,25H,6H2,1-5H3/b23-14-/t25-/m1/s1. The molecule has 10 nitrogen and oxygen atoms in total. The SMILES string of the molecule is CCOc1cc(/C=c2\sc3n(c2=O)[C@H](c2ccc(OC(C)=O)cc2)C(C(=O)OC)=C(C)N=3)ccc1OC(C)=O. The molecule has 1 atom stereocenters. The number of carbonyl (C=O) groups excluding carboxylic acids is 3. The van der Waals surface area contributed by atoms with Crippen LogP contribution in [-0.2, 0) is 19.1 Å². The van der Waals surface area contributed by atoms with Crippen molar-refractivity contribution in [3.63, 3.8) is 0 Å². The minimum atomic E-state index is -0.812. The maximum absolute atomic E-state index is 13.7. The van der Waals surface area contributed by atoms with Crippen molar-refractivity contribution in [2.45, 2.75) is 33.7 Å². The number of hydrogen-bond donors (Lipinski definition) is 0. The number of allylic oxidation sites excluding steroid dienone is 1. The molecule has 0 unspecified atom stereocenters. The normalized spacial score (nSPS) is 14.8. The van der Waals surface area contributed by atoms with Crippen LogP contribution in [0.1, 0.15) is 44.9 Å². The number of aromatic nitrogens is 1. The highest BCUT2D eigenvalue weighted by Crippen LogP contribution is 2.32. The van der Waals surface area contributed by atoms with Gasteiger partial charge in [0, 0.05) is 13.8 Å². The van der Waals surface area contributed by atoms with Crippen molar-refractivity contribution in [3.8, 4) is 17.2 Å². The maximum Gasteiger partial charge on any atom is 0.338 e. The zero-order valence-corrected chi connectivity index (χ0v) is 22.8. The highest BCUT2D eigenvalue weighted by Gasteiger charge is 2.33. The Morgan fingerprint density at radius 2 is 1.72 bits per heavy atom. The monoisotopic (exact) mass is 550 g/mol. The van der Waals surface area contributed by atoms with Crippen molar-refractivity contribution >= 4 is 35.3 Å². The van der Waals surface area contributed by atoms with Crippen LogP contribution in [0, 0.1) is 0 Å². The van der Waals surface area contributed by atoms with E-state index in [1.54, 1.807) is 55.5 Å². The molecular weight excluding hydrogens is 524 g/mol. The van der Waals surface area contributed by atoms with Crippen molar-refractivity contribution in [2.75, 3.05) is 13.7 Å². The Bertz CT molecular complexity index is 1660. The maximum atomic E-state index is 13.7. The number of hydrogen-bond acceptors (Lipinski definition) is 10. The van der Waals surface area contributed by atoms with Gasteiger partial charge in [-0.1, -0.05) is 29.5 Å². The summed E-state index contributed by atoms with van der Waals surface area (Å²) in [5.41, 5.74) is 1.54. The van der Waals surface area contributed by atoms with Crippen LogP contribution in [0.2, 0.25) is 0 Å². The van der Waals surface area contributed by atoms with E-state index in [1.807, 2.05) is 6.92 Å². The molecule has 2 heterocycles. The van der Waals surface area contributed by atoms with Gasteiger partial charge in [0.2, 0.25) is 0 Å². The summed E-state index contributed by atoms with van der Waals surface area (Å²) in [6, 6.07) is 10.7. The fourth-order valence-electron chi connectivity index (χ4n) is 4.17. The van der Waals surface area contributed by atoms with Crippen LogP contribution in [0.15, 0.2) is 63.5 Å². The van der Waals surface area contributed by atoms with Crippen molar-refractivity contribution in [2.24, 2.45) is 4.99 Å². The van der Waals surface area contributed by atoms with E-state index < -0.39 is 23.9 Å². The van der Waals surface area contributed by atoms with Gasteiger partial charge in [-0.05, 0) is 55.3 Å². The smallest absolute Gasteiger partial charge is 0.338 e. The van der Waals surface area contributed by atoms with Gasteiger partial charge in [-0.25, -0.2) is 9.79 Å². The Morgan fingerprint density at radius 1 is 1.03 bits per heavy atom. The molecule has 3 aromatic rings. The van der Waals surface area contributed by atoms with Crippen LogP contribution < -0.4 is 29.1 Å². The topological polar surface area (TPSA) is 122 Å². The first-order chi connectivity index (χ1) is 18.6. The third kappa shape index (κ3) is 5.83. The molecule has 1 aliphatic heterocycles. The predicted molar refractivity (Wildman–Crippen MR) is 142 cm³/mol. The molecule has 4 rings (SSSR count). The van der Waals surface area contributed by atoms with Gasteiger partial charge in [0.1, 0.15) is 5.75 Å². The first kappa shape index (κ1) is 27.5. The Morgan fingerprint density at radius 3 is 2.33 bits per heavy atom. The first-order valence-electron chi connectivity index (χ1n) is 12.0. The molecule has 0 spiro atoms. The zero-order chi connectivity index (χ0) is 28.3. The highest BCUT2D eigenvalue weighted by molar-refractivity contribution is 7.07. The number of fused-ring (bicyclic) bond motifs is 1. The second-order valence-electron chi connectivity index (χ2n) is 8.47. The fourth-order valence-corrected chi connectivity index (χ4v) is 5.21. The third-order valence-corrected chi connectivity index (χ3v) is 6.69. The van der Waals surface area contributed by atoms with Crippen molar-refractivity contribution in [1.29, 1.82) is 0 Å². The van der Waals surface area contributed by atoms with Crippen LogP contribution >= 0.6 is 11.3 Å². The summed E-state index contributed by atoms with van der Waals surface area (Å²) in [7, 11) is 1.27. The molecule has 0 saturated heterocycles. The number of methoxy groups -OCH3 is 1. The van der Waals surface area contributed by atoms with E-state index in [4.69, 9.17) is 18.9 Å². The lowest BCUT2D eigenvalue weighted by Crippen LogP contribution is -2.39. The van der Waals surface area contributed by atoms with Gasteiger partial charge in [0.05, 0.1) is 35.6 Å². The first-order valence-corrected chi connectivity index (χ1v) is 12.8. The minimum Gasteiger partial charge on any atom is -0.490 e. The van der Waals surface area contributed by atoms with E-state index in [2.05, 4.69) is 4.99 Å². The Hall–Kier alpha value is -4.51. The Balaban J connectivity index is 1.86. The molecule has 1 aliphatic rings. The van der Waals surface area contributed by atoms with Crippen LogP contribution in [0.25, 0.3) is 6.08 Å². The van der Waals surface area contributed by atoms with Gasteiger partial charge in [0.25, 0.3) is 5.56 Å². The number of benzene rings is 2. The summed E-state index contributed by atoms with van der Waals surface area (Å²) in [5, 5.41) is 0. The minimum absolute atomic E-state index is 0.223. The van der Waals surface area contributed by atoms with Gasteiger partial charge < -0.3 is 18.9 Å². The summed E-state index contributed by atoms with van der Waals surface area (Å²) >= 11 is 1.17. The second-order valence-corrected chi connectivity index (χ2v) is 9.48. The van der Waals surface area contributed by atoms with Crippen molar-refractivity contribution in [3.05, 3.63) is 84.5 Å². The molecule has 202 valence electrons. The molecular formula is C28H26N2O8S. The summed E-state index contributed by atoms with van der Waals surface area (Å²) in [6.07, 6.45) is 1.68. The lowest BCUT2D eigenvalue weighted by atomic mass is 9.96. The molecule has 0 fully saturated rings. The highest BCUT2D eigenvalue weighted by atomic mass is 32.1. The Kier molecular flexibility index (Phi) is 8.10. The number of ether oxygens (including phenoxy) is 4. The van der Waals surface area contributed by atoms with E-state index in [0.717, 1.165) is 0 Å². The van der Waals surface area contributed by atoms with E-state index in [0.29, 0.717) is 44.3 Å². The lowest BCUT2D eigenvalue weighted by molar-refractivity contribution is -0.136. The number of rotatable bonds is 7. The van der Waals surface area contributed by atoms with Gasteiger partial charge in [-0.2, -0.15) is 0 Å². The van der Waals surface area contributed by atoms with E-state index >= 15 is 0 Å². The average Bonchev–Trinajstić information content (AvgIpc) is 3.18. The number of esters is 3. The van der Waals surface area contributed by atoms with Crippen LogP contribution in [0.3, 0.4) is 0 Å². The molecule has 39 heavy (non-hydrogen) atoms. The van der Waals surface area contributed by atoms with Crippen molar-refractivity contribution < 1.29 is 33.3 Å². The molecule has 0 radical (unpaired) electrons. The van der Waals surface area contributed by atoms with E-state index in [1.165, 1.54) is 36.9 Å². The van der Waals surface area contributed by atoms with Crippen molar-refractivity contribution in [1.82, 2.24) is 4.57 Å². The largest absolute Gasteiger partial charge is 0.490 e. The predicted octanol–water partition coefficient (Wildman–Crippen LogP) is 2.66. The molecule has 0 amide bonds.